The molecule has 3 atom stereocenters. The summed E-state index contributed by atoms with van der Waals surface area (Å²) in [7, 11) is 0. The monoisotopic (exact) mass is 502 g/mol. The normalized spacial score (nSPS) is 13.7. The Morgan fingerprint density at radius 2 is 1.53 bits per heavy atom. The number of ether oxygens (including phenoxy) is 3. The van der Waals surface area contributed by atoms with E-state index in [1.165, 1.54) is 4.57 Å². The Labute approximate surface area is 204 Å². The fourth-order valence-corrected chi connectivity index (χ4v) is 3.84. The largest absolute Gasteiger partial charge is 0.457 e. The molecule has 3 rings (SSSR count). The van der Waals surface area contributed by atoms with E-state index in [4.69, 9.17) is 14.2 Å². The number of carbonyl (C=O) groups is 3. The lowest BCUT2D eigenvalue weighted by Crippen LogP contribution is -2.48. The molecule has 0 amide bonds. The Morgan fingerprint density at radius 3 is 2.11 bits per heavy atom. The minimum atomic E-state index is -1.44. The van der Waals surface area contributed by atoms with Gasteiger partial charge in [0.25, 0.3) is 5.56 Å². The molecule has 0 aromatic heterocycles. The number of esters is 3. The molecule has 0 unspecified atom stereocenters. The Hall–Kier alpha value is -4.13. The van der Waals surface area contributed by atoms with Crippen LogP contribution in [0.2, 0.25) is 0 Å². The summed E-state index contributed by atoms with van der Waals surface area (Å²) in [5.41, 5.74) is 0.742. The molecule has 36 heavy (non-hydrogen) atoms. The molecule has 0 saturated carbocycles. The molecule has 2 aliphatic rings. The van der Waals surface area contributed by atoms with Crippen molar-refractivity contribution in [2.75, 3.05) is 6.61 Å². The number of fused-ring (bicyclic) bond motifs is 2. The lowest BCUT2D eigenvalue weighted by Gasteiger charge is -2.32. The number of nitrogens with zero attached hydrogens (tertiary/aromatic N) is 3. The van der Waals surface area contributed by atoms with E-state index in [0.29, 0.717) is 11.0 Å². The summed E-state index contributed by atoms with van der Waals surface area (Å²) in [5, 5.41) is 9.87. The summed E-state index contributed by atoms with van der Waals surface area (Å²) in [5.74, 6) is -2.43. The van der Waals surface area contributed by atoms with Crippen molar-refractivity contribution in [2.24, 2.45) is 0 Å². The van der Waals surface area contributed by atoms with Gasteiger partial charge in [-0.15, -0.1) is 0 Å². The Morgan fingerprint density at radius 1 is 0.944 bits per heavy atom. The highest BCUT2D eigenvalue weighted by Crippen LogP contribution is 2.26. The highest BCUT2D eigenvalue weighted by atomic mass is 16.6. The van der Waals surface area contributed by atoms with Crippen molar-refractivity contribution in [3.63, 3.8) is 0 Å². The number of H-pyrrole nitrogens is 1. The van der Waals surface area contributed by atoms with Crippen LogP contribution in [0.15, 0.2) is 21.7 Å². The Kier molecular flexibility index (Phi) is 7.83. The maximum absolute atomic E-state index is 12.5. The highest BCUT2D eigenvalue weighted by Gasteiger charge is 2.38. The zero-order chi connectivity index (χ0) is 26.7. The number of aromatic nitrogens is 4. The van der Waals surface area contributed by atoms with Gasteiger partial charge < -0.3 is 23.9 Å². The van der Waals surface area contributed by atoms with E-state index in [9.17, 15) is 29.1 Å². The molecule has 2 heterocycles. The number of rotatable bonds is 8. The van der Waals surface area contributed by atoms with Crippen LogP contribution in [-0.4, -0.2) is 67.5 Å². The van der Waals surface area contributed by atoms with Gasteiger partial charge in [0.2, 0.25) is 0 Å². The minimum Gasteiger partial charge on any atom is -0.457 e. The van der Waals surface area contributed by atoms with Crippen LogP contribution in [0.3, 0.4) is 0 Å². The maximum Gasteiger partial charge on any atom is 0.349 e. The zero-order valence-electron chi connectivity index (χ0n) is 20.4. The van der Waals surface area contributed by atoms with E-state index in [1.54, 1.807) is 12.1 Å². The van der Waals surface area contributed by atoms with Gasteiger partial charge in [0.05, 0.1) is 24.2 Å². The van der Waals surface area contributed by atoms with Crippen molar-refractivity contribution in [1.82, 2.24) is 19.5 Å². The van der Waals surface area contributed by atoms with Crippen LogP contribution in [0.25, 0.3) is 22.6 Å². The molecular formula is C23H26N4O9. The SMILES string of the molecule is CC(=O)O[C@@H]([C@@H](CO)OC(C)=O)[C@@H](Cn1c2nc(=O)[nH]c(=O)c-2nc2cc(C)c(C)cc21)OC(C)=O. The third-order valence-corrected chi connectivity index (χ3v) is 5.44. The number of aliphatic hydroxyl groups excluding tert-OH is 1. The lowest BCUT2D eigenvalue weighted by molar-refractivity contribution is -0.187. The highest BCUT2D eigenvalue weighted by molar-refractivity contribution is 5.81. The Balaban J connectivity index is 2.29. The second-order valence-corrected chi connectivity index (χ2v) is 8.24. The van der Waals surface area contributed by atoms with Gasteiger partial charge in [-0.1, -0.05) is 0 Å². The average molecular weight is 502 g/mol. The van der Waals surface area contributed by atoms with E-state index in [-0.39, 0.29) is 18.1 Å². The number of hydrogen-bond donors (Lipinski definition) is 2. The van der Waals surface area contributed by atoms with Crippen LogP contribution in [0, 0.1) is 13.8 Å². The molecule has 2 aliphatic heterocycles. The molecule has 13 heteroatoms. The maximum atomic E-state index is 12.5. The van der Waals surface area contributed by atoms with Gasteiger partial charge in [-0.3, -0.25) is 24.2 Å². The third-order valence-electron chi connectivity index (χ3n) is 5.44. The fraction of sp³-hybridized carbons (Fsp3) is 0.435. The molecule has 192 valence electrons. The summed E-state index contributed by atoms with van der Waals surface area (Å²) in [6.45, 7) is 5.98. The standard InChI is InChI=1S/C23H26N4O9/c1-10-6-15-16(7-11(10)2)27(21-19(24-15)22(32)26-23(33)25-21)8-17(34-12(3)29)20(36-14(5)31)18(9-28)35-13(4)30/h6-7,17-18,20,28H,8-9H2,1-5H3,(H,26,32,33)/t17-,18-,20-/m1/s1. The van der Waals surface area contributed by atoms with Crippen LogP contribution in [0.5, 0.6) is 0 Å². The quantitative estimate of drug-likeness (QED) is 0.240. The van der Waals surface area contributed by atoms with Crippen LogP contribution in [-0.2, 0) is 35.1 Å². The van der Waals surface area contributed by atoms with Crippen LogP contribution in [0.1, 0.15) is 31.9 Å². The lowest BCUT2D eigenvalue weighted by atomic mass is 10.1. The first-order chi connectivity index (χ1) is 16.9. The third kappa shape index (κ3) is 5.74. The predicted octanol–water partition coefficient (Wildman–Crippen LogP) is -0.0112. The van der Waals surface area contributed by atoms with Crippen molar-refractivity contribution in [2.45, 2.75) is 59.5 Å². The first-order valence-corrected chi connectivity index (χ1v) is 11.0. The van der Waals surface area contributed by atoms with Gasteiger partial charge in [0, 0.05) is 20.8 Å². The number of carbonyl (C=O) groups excluding carboxylic acids is 3. The molecule has 2 N–H and O–H groups in total. The van der Waals surface area contributed by atoms with Crippen molar-refractivity contribution in [1.29, 1.82) is 0 Å². The van der Waals surface area contributed by atoms with Crippen LogP contribution in [0.4, 0.5) is 0 Å². The molecule has 0 aliphatic carbocycles. The number of aliphatic hydroxyl groups is 1. The van der Waals surface area contributed by atoms with E-state index in [1.807, 2.05) is 13.8 Å². The van der Waals surface area contributed by atoms with Crippen molar-refractivity contribution in [3.8, 4) is 11.5 Å². The summed E-state index contributed by atoms with van der Waals surface area (Å²) < 4.78 is 17.3. The molecular weight excluding hydrogens is 476 g/mol. The molecule has 0 bridgehead atoms. The van der Waals surface area contributed by atoms with Crippen LogP contribution < -0.4 is 11.2 Å². The Bertz CT molecular complexity index is 1410. The van der Waals surface area contributed by atoms with Crippen molar-refractivity contribution < 1.29 is 33.7 Å². The zero-order valence-corrected chi connectivity index (χ0v) is 20.4. The van der Waals surface area contributed by atoms with Gasteiger partial charge in [0.15, 0.2) is 29.8 Å². The van der Waals surface area contributed by atoms with Crippen molar-refractivity contribution >= 4 is 28.9 Å². The van der Waals surface area contributed by atoms with E-state index < -0.39 is 54.1 Å². The first-order valence-electron chi connectivity index (χ1n) is 11.0. The number of aryl methyl sites for hydroxylation is 2. The van der Waals surface area contributed by atoms with Crippen LogP contribution >= 0.6 is 0 Å². The van der Waals surface area contributed by atoms with Gasteiger partial charge in [-0.2, -0.15) is 4.98 Å². The molecule has 1 aromatic rings. The number of hydrogen-bond acceptors (Lipinski definition) is 11. The minimum absolute atomic E-state index is 0.105. The van der Waals surface area contributed by atoms with E-state index in [2.05, 4.69) is 15.0 Å². The number of aromatic amines is 1. The summed E-state index contributed by atoms with van der Waals surface area (Å²) in [6, 6.07) is 3.50. The number of nitrogens with one attached hydrogen (secondary N) is 1. The van der Waals surface area contributed by atoms with E-state index >= 15 is 0 Å². The van der Waals surface area contributed by atoms with Gasteiger partial charge in [-0.05, 0) is 37.1 Å². The molecule has 0 saturated heterocycles. The summed E-state index contributed by atoms with van der Waals surface area (Å²) >= 11 is 0. The van der Waals surface area contributed by atoms with E-state index in [0.717, 1.165) is 31.9 Å². The smallest absolute Gasteiger partial charge is 0.349 e. The first kappa shape index (κ1) is 26.5. The second-order valence-electron chi connectivity index (χ2n) is 8.24. The van der Waals surface area contributed by atoms with Gasteiger partial charge >= 0.3 is 23.6 Å². The predicted molar refractivity (Wildman–Crippen MR) is 124 cm³/mol. The fourth-order valence-electron chi connectivity index (χ4n) is 3.84. The number of benzene rings is 1. The molecule has 1 aromatic carbocycles. The van der Waals surface area contributed by atoms with Gasteiger partial charge in [-0.25, -0.2) is 9.78 Å². The molecule has 0 radical (unpaired) electrons. The average Bonchev–Trinajstić information content (AvgIpc) is 2.76. The van der Waals surface area contributed by atoms with Gasteiger partial charge in [0.1, 0.15) is 0 Å². The molecule has 0 fully saturated rings. The van der Waals surface area contributed by atoms with Crippen molar-refractivity contribution in [3.05, 3.63) is 44.1 Å². The topological polar surface area (TPSA) is 180 Å². The second kappa shape index (κ2) is 10.6. The summed E-state index contributed by atoms with van der Waals surface area (Å²) in [4.78, 5) is 70.5. The molecule has 0 spiro atoms. The molecule has 13 nitrogen and oxygen atoms in total. The summed E-state index contributed by atoms with van der Waals surface area (Å²) in [6.07, 6.45) is -4.16.